The summed E-state index contributed by atoms with van der Waals surface area (Å²) in [7, 11) is 0. The second-order valence-electron chi connectivity index (χ2n) is 5.58. The van der Waals surface area contributed by atoms with Crippen molar-refractivity contribution in [2.24, 2.45) is 4.99 Å². The lowest BCUT2D eigenvalue weighted by Gasteiger charge is -2.08. The lowest BCUT2D eigenvalue weighted by molar-refractivity contribution is -0.159. The lowest BCUT2D eigenvalue weighted by Crippen LogP contribution is -2.31. The zero-order valence-corrected chi connectivity index (χ0v) is 14.4. The van der Waals surface area contributed by atoms with Crippen molar-refractivity contribution in [1.29, 1.82) is 0 Å². The number of nitrogens with one attached hydrogen (secondary N) is 1. The van der Waals surface area contributed by atoms with Gasteiger partial charge in [0.2, 0.25) is 5.82 Å². The number of hydrogen-bond donors (Lipinski definition) is 3. The molecule has 12 heteroatoms. The molecule has 9 nitrogen and oxygen atoms in total. The van der Waals surface area contributed by atoms with Crippen molar-refractivity contribution < 1.29 is 37.5 Å². The van der Waals surface area contributed by atoms with E-state index in [1.165, 1.54) is 31.2 Å². The van der Waals surface area contributed by atoms with Gasteiger partial charge in [0.1, 0.15) is 0 Å². The lowest BCUT2D eigenvalue weighted by atomic mass is 10.1. The van der Waals surface area contributed by atoms with Crippen molar-refractivity contribution >= 4 is 17.6 Å². The van der Waals surface area contributed by atoms with E-state index in [1.807, 2.05) is 0 Å². The normalized spacial score (nSPS) is 13.2. The number of carbonyl (C=O) groups excluding carboxylic acids is 1. The number of hydrogen-bond acceptors (Lipinski definition) is 7. The van der Waals surface area contributed by atoms with Crippen LogP contribution >= 0.6 is 0 Å². The highest BCUT2D eigenvalue weighted by molar-refractivity contribution is 5.98. The monoisotopic (exact) mass is 400 g/mol. The number of aromatic nitrogens is 2. The van der Waals surface area contributed by atoms with Crippen LogP contribution in [0.3, 0.4) is 0 Å². The predicted molar refractivity (Wildman–Crippen MR) is 88.7 cm³/mol. The molecule has 0 unspecified atom stereocenters. The Morgan fingerprint density at radius 1 is 1.29 bits per heavy atom. The minimum absolute atomic E-state index is 0.0514. The molecule has 0 radical (unpaired) electrons. The predicted octanol–water partition coefficient (Wildman–Crippen LogP) is 1.39. The summed E-state index contributed by atoms with van der Waals surface area (Å²) in [6.07, 6.45) is -4.75. The molecule has 1 atom stereocenters. The van der Waals surface area contributed by atoms with Gasteiger partial charge in [-0.1, -0.05) is 17.3 Å². The number of amides is 1. The average molecular weight is 400 g/mol. The molecule has 0 aliphatic carbocycles. The molecule has 2 aromatic rings. The van der Waals surface area contributed by atoms with E-state index in [-0.39, 0.29) is 29.2 Å². The second kappa shape index (κ2) is 8.61. The summed E-state index contributed by atoms with van der Waals surface area (Å²) in [5.41, 5.74) is 0.715. The Bertz CT molecular complexity index is 877. The van der Waals surface area contributed by atoms with Gasteiger partial charge in [-0.3, -0.25) is 9.79 Å². The van der Waals surface area contributed by atoms with Crippen molar-refractivity contribution in [2.45, 2.75) is 19.1 Å². The van der Waals surface area contributed by atoms with Gasteiger partial charge in [-0.2, -0.15) is 18.2 Å². The zero-order chi connectivity index (χ0) is 20.9. The van der Waals surface area contributed by atoms with E-state index < -0.39 is 36.6 Å². The Morgan fingerprint density at radius 3 is 2.43 bits per heavy atom. The summed E-state index contributed by atoms with van der Waals surface area (Å²) in [5.74, 6) is -3.55. The molecular formula is C16H15F3N4O5. The molecule has 150 valence electrons. The van der Waals surface area contributed by atoms with Crippen molar-refractivity contribution in [3.05, 3.63) is 35.7 Å². The summed E-state index contributed by atoms with van der Waals surface area (Å²) in [6, 6.07) is 4.11. The first kappa shape index (κ1) is 21.0. The van der Waals surface area contributed by atoms with Crippen molar-refractivity contribution in [3.8, 4) is 11.4 Å². The van der Waals surface area contributed by atoms with E-state index in [2.05, 4.69) is 25.0 Å². The van der Waals surface area contributed by atoms with Gasteiger partial charge in [0.25, 0.3) is 5.91 Å². The van der Waals surface area contributed by atoms with Gasteiger partial charge in [0.05, 0.1) is 13.2 Å². The summed E-state index contributed by atoms with van der Waals surface area (Å²) in [6.45, 7) is 0.766. The van der Waals surface area contributed by atoms with Crippen LogP contribution in [-0.4, -0.2) is 57.1 Å². The number of aliphatic imine (C=N–C) groups is 1. The van der Waals surface area contributed by atoms with Crippen molar-refractivity contribution in [1.82, 2.24) is 15.5 Å². The summed E-state index contributed by atoms with van der Waals surface area (Å²) >= 11 is 0. The van der Waals surface area contributed by atoms with Gasteiger partial charge in [0.15, 0.2) is 6.04 Å². The number of rotatable bonds is 7. The largest absolute Gasteiger partial charge is 0.480 e. The molecule has 0 fully saturated rings. The van der Waals surface area contributed by atoms with Crippen LogP contribution < -0.4 is 5.32 Å². The number of carbonyl (C=O) groups is 2. The molecule has 3 N–H and O–H groups in total. The van der Waals surface area contributed by atoms with Gasteiger partial charge in [-0.25, -0.2) is 4.79 Å². The highest BCUT2D eigenvalue weighted by atomic mass is 19.4. The van der Waals surface area contributed by atoms with Crippen LogP contribution in [0.15, 0.2) is 33.8 Å². The standard InChI is InChI=1S/C16H15F3N4O5/c1-8(21-11(7-24)14(26)27)6-20-13(25)10-4-2-9(3-5-10)12-22-15(28-23-12)16(17,18)19/h2-5,11,24H,6-7H2,1H3,(H,20,25)(H,26,27)/t11-/m1/s1. The van der Waals surface area contributed by atoms with Crippen molar-refractivity contribution in [3.63, 3.8) is 0 Å². The molecule has 0 spiro atoms. The average Bonchev–Trinajstić information content (AvgIpc) is 3.14. The Hall–Kier alpha value is -3.28. The second-order valence-corrected chi connectivity index (χ2v) is 5.58. The number of halogens is 3. The van der Waals surface area contributed by atoms with Gasteiger partial charge in [0, 0.05) is 16.8 Å². The van der Waals surface area contributed by atoms with Gasteiger partial charge in [-0.15, -0.1) is 0 Å². The van der Waals surface area contributed by atoms with E-state index in [1.54, 1.807) is 0 Å². The topological polar surface area (TPSA) is 138 Å². The van der Waals surface area contributed by atoms with Crippen LogP contribution in [0.5, 0.6) is 0 Å². The van der Waals surface area contributed by atoms with Crippen LogP contribution in [0, 0.1) is 0 Å². The maximum Gasteiger partial charge on any atom is 0.471 e. The number of carboxylic acid groups (broad SMARTS) is 1. The van der Waals surface area contributed by atoms with Gasteiger partial charge < -0.3 is 20.1 Å². The van der Waals surface area contributed by atoms with E-state index in [9.17, 15) is 22.8 Å². The molecule has 1 aromatic carbocycles. The Labute approximate surface area is 155 Å². The smallest absolute Gasteiger partial charge is 0.471 e. The SMILES string of the molecule is CC(CNC(=O)c1ccc(-c2noc(C(F)(F)F)n2)cc1)=N[C@H](CO)C(=O)O. The number of benzene rings is 1. The highest BCUT2D eigenvalue weighted by Crippen LogP contribution is 2.29. The molecular weight excluding hydrogens is 385 g/mol. The van der Waals surface area contributed by atoms with Crippen molar-refractivity contribution in [2.75, 3.05) is 13.2 Å². The number of aliphatic hydroxyl groups is 1. The molecule has 0 aliphatic heterocycles. The third-order valence-electron chi connectivity index (χ3n) is 3.41. The first-order valence-electron chi connectivity index (χ1n) is 7.78. The number of alkyl halides is 3. The third-order valence-corrected chi connectivity index (χ3v) is 3.41. The summed E-state index contributed by atoms with van der Waals surface area (Å²) in [5, 5.41) is 23.5. The van der Waals surface area contributed by atoms with E-state index >= 15 is 0 Å². The van der Waals surface area contributed by atoms with Crippen LogP contribution in [0.4, 0.5) is 13.2 Å². The van der Waals surface area contributed by atoms with Crippen LogP contribution in [0.2, 0.25) is 0 Å². The molecule has 0 saturated heterocycles. The molecule has 0 saturated carbocycles. The molecule has 1 aromatic heterocycles. The van der Waals surface area contributed by atoms with E-state index in [4.69, 9.17) is 10.2 Å². The molecule has 1 heterocycles. The van der Waals surface area contributed by atoms with E-state index in [0.29, 0.717) is 0 Å². The maximum absolute atomic E-state index is 12.5. The van der Waals surface area contributed by atoms with Crippen LogP contribution in [0.25, 0.3) is 11.4 Å². The minimum Gasteiger partial charge on any atom is -0.480 e. The minimum atomic E-state index is -4.75. The van der Waals surface area contributed by atoms with Gasteiger partial charge in [-0.05, 0) is 19.1 Å². The molecule has 0 aliphatic rings. The summed E-state index contributed by atoms with van der Waals surface area (Å²) < 4.78 is 41.6. The zero-order valence-electron chi connectivity index (χ0n) is 14.4. The number of aliphatic hydroxyl groups excluding tert-OH is 1. The van der Waals surface area contributed by atoms with E-state index in [0.717, 1.165) is 0 Å². The maximum atomic E-state index is 12.5. The first-order valence-corrected chi connectivity index (χ1v) is 7.78. The number of aliphatic carboxylic acids is 1. The fraction of sp³-hybridized carbons (Fsp3) is 0.312. The summed E-state index contributed by atoms with van der Waals surface area (Å²) in [4.78, 5) is 29.9. The fourth-order valence-corrected chi connectivity index (χ4v) is 2.02. The molecule has 0 bridgehead atoms. The number of carboxylic acids is 1. The van der Waals surface area contributed by atoms with Gasteiger partial charge >= 0.3 is 18.0 Å². The fourth-order valence-electron chi connectivity index (χ4n) is 2.02. The molecule has 2 rings (SSSR count). The van der Waals surface area contributed by atoms with Crippen LogP contribution in [-0.2, 0) is 11.0 Å². The number of nitrogens with zero attached hydrogens (tertiary/aromatic N) is 3. The Kier molecular flexibility index (Phi) is 6.46. The molecule has 1 amide bonds. The Morgan fingerprint density at radius 2 is 1.93 bits per heavy atom. The third kappa shape index (κ3) is 5.36. The quantitative estimate of drug-likeness (QED) is 0.597. The first-order chi connectivity index (χ1) is 13.1. The molecule has 28 heavy (non-hydrogen) atoms. The Balaban J connectivity index is 2.01. The highest BCUT2D eigenvalue weighted by Gasteiger charge is 2.38. The van der Waals surface area contributed by atoms with Crippen LogP contribution in [0.1, 0.15) is 23.2 Å².